The normalized spacial score (nSPS) is 13.8. The molecule has 2 atom stereocenters. The molecule has 0 bridgehead atoms. The highest BCUT2D eigenvalue weighted by Gasteiger charge is 2.21. The Bertz CT molecular complexity index is 415. The third kappa shape index (κ3) is 6.17. The van der Waals surface area contributed by atoms with E-state index < -0.39 is 0 Å². The van der Waals surface area contributed by atoms with Gasteiger partial charge in [0.25, 0.3) is 0 Å². The molecule has 0 aliphatic carbocycles. The fourth-order valence-corrected chi connectivity index (χ4v) is 2.68. The van der Waals surface area contributed by atoms with E-state index in [1.54, 1.807) is 0 Å². The Hall–Kier alpha value is -1.38. The third-order valence-electron chi connectivity index (χ3n) is 3.76. The number of nitrogens with zero attached hydrogens (tertiary/aromatic N) is 1. The van der Waals surface area contributed by atoms with Crippen molar-refractivity contribution in [2.24, 2.45) is 0 Å². The maximum absolute atomic E-state index is 6.40. The van der Waals surface area contributed by atoms with Crippen LogP contribution in [-0.2, 0) is 4.84 Å². The van der Waals surface area contributed by atoms with E-state index in [0.29, 0.717) is 6.04 Å². The van der Waals surface area contributed by atoms with Gasteiger partial charge in [0.05, 0.1) is 0 Å². The van der Waals surface area contributed by atoms with Gasteiger partial charge in [0.15, 0.2) is 0 Å². The van der Waals surface area contributed by atoms with Gasteiger partial charge >= 0.3 is 0 Å². The Morgan fingerprint density at radius 3 is 2.27 bits per heavy atom. The zero-order valence-electron chi connectivity index (χ0n) is 14.2. The van der Waals surface area contributed by atoms with Crippen LogP contribution in [0.4, 0.5) is 0 Å². The smallest absolute Gasteiger partial charge is 0.104 e. The zero-order valence-corrected chi connectivity index (χ0v) is 14.2. The highest BCUT2D eigenvalue weighted by Crippen LogP contribution is 2.26. The second kappa shape index (κ2) is 11.2. The van der Waals surface area contributed by atoms with E-state index in [1.807, 2.05) is 18.2 Å². The topological polar surface area (TPSA) is 12.5 Å². The molecule has 0 aliphatic rings. The lowest BCUT2D eigenvalue weighted by Gasteiger charge is -2.33. The Balaban J connectivity index is 2.87. The molecule has 0 fully saturated rings. The predicted octanol–water partition coefficient (Wildman–Crippen LogP) is 5.69. The summed E-state index contributed by atoms with van der Waals surface area (Å²) in [7, 11) is 0. The Morgan fingerprint density at radius 2 is 1.73 bits per heavy atom. The predicted molar refractivity (Wildman–Crippen MR) is 95.6 cm³/mol. The molecule has 0 heterocycles. The maximum Gasteiger partial charge on any atom is 0.104 e. The second-order valence-electron chi connectivity index (χ2n) is 5.65. The molecule has 2 heteroatoms. The summed E-state index contributed by atoms with van der Waals surface area (Å²) in [5.74, 6) is 0. The van der Waals surface area contributed by atoms with Gasteiger partial charge in [0.2, 0.25) is 0 Å². The van der Waals surface area contributed by atoms with Crippen LogP contribution in [0.5, 0.6) is 0 Å². The van der Waals surface area contributed by atoms with Gasteiger partial charge in [-0.15, -0.1) is 13.2 Å². The highest BCUT2D eigenvalue weighted by atomic mass is 16.7. The quantitative estimate of drug-likeness (QED) is 0.363. The first-order valence-corrected chi connectivity index (χ1v) is 8.46. The Morgan fingerprint density at radius 1 is 1.05 bits per heavy atom. The molecule has 0 saturated heterocycles. The van der Waals surface area contributed by atoms with Crippen LogP contribution in [0.1, 0.15) is 57.6 Å². The average Bonchev–Trinajstić information content (AvgIpc) is 2.54. The maximum atomic E-state index is 6.40. The summed E-state index contributed by atoms with van der Waals surface area (Å²) in [6.45, 7) is 12.9. The van der Waals surface area contributed by atoms with Gasteiger partial charge in [-0.2, -0.15) is 5.06 Å². The fourth-order valence-electron chi connectivity index (χ4n) is 2.68. The van der Waals surface area contributed by atoms with Gasteiger partial charge in [-0.05, 0) is 24.8 Å². The van der Waals surface area contributed by atoms with Crippen LogP contribution in [0.2, 0.25) is 0 Å². The van der Waals surface area contributed by atoms with E-state index in [1.165, 1.54) is 5.56 Å². The molecule has 0 radical (unpaired) electrons. The number of rotatable bonds is 12. The van der Waals surface area contributed by atoms with Gasteiger partial charge in [0, 0.05) is 12.6 Å². The summed E-state index contributed by atoms with van der Waals surface area (Å²) in [5.41, 5.74) is 1.24. The minimum Gasteiger partial charge on any atom is -0.290 e. The van der Waals surface area contributed by atoms with E-state index in [2.05, 4.69) is 56.3 Å². The molecule has 2 unspecified atom stereocenters. The number of benzene rings is 1. The van der Waals surface area contributed by atoms with Crippen LogP contribution in [0.3, 0.4) is 0 Å². The summed E-state index contributed by atoms with van der Waals surface area (Å²) in [6.07, 6.45) is 9.31. The van der Waals surface area contributed by atoms with Crippen molar-refractivity contribution in [3.63, 3.8) is 0 Å². The summed E-state index contributed by atoms with van der Waals surface area (Å²) in [4.78, 5) is 6.40. The average molecular weight is 301 g/mol. The molecule has 0 saturated carbocycles. The lowest BCUT2D eigenvalue weighted by Crippen LogP contribution is -2.36. The molecule has 1 aromatic rings. The summed E-state index contributed by atoms with van der Waals surface area (Å²) >= 11 is 0. The van der Waals surface area contributed by atoms with Crippen molar-refractivity contribution >= 4 is 0 Å². The van der Waals surface area contributed by atoms with E-state index in [4.69, 9.17) is 4.84 Å². The first kappa shape index (κ1) is 18.7. The fraction of sp³-hybridized carbons (Fsp3) is 0.500. The van der Waals surface area contributed by atoms with E-state index in [-0.39, 0.29) is 6.10 Å². The van der Waals surface area contributed by atoms with Crippen molar-refractivity contribution in [1.82, 2.24) is 5.06 Å². The molecule has 0 aliphatic heterocycles. The van der Waals surface area contributed by atoms with E-state index in [9.17, 15) is 0 Å². The van der Waals surface area contributed by atoms with Crippen molar-refractivity contribution < 1.29 is 4.84 Å². The molecule has 0 spiro atoms. The SMILES string of the molecule is C=CCC(CCC)N(CC=C)OC(CCC)c1ccccc1. The van der Waals surface area contributed by atoms with Crippen LogP contribution < -0.4 is 0 Å². The van der Waals surface area contributed by atoms with Gasteiger partial charge in [0.1, 0.15) is 6.10 Å². The molecular formula is C20H31NO. The van der Waals surface area contributed by atoms with Crippen molar-refractivity contribution in [3.05, 3.63) is 61.2 Å². The zero-order chi connectivity index (χ0) is 16.2. The molecular weight excluding hydrogens is 270 g/mol. The Kier molecular flexibility index (Phi) is 9.52. The molecule has 0 aromatic heterocycles. The van der Waals surface area contributed by atoms with Crippen molar-refractivity contribution in [3.8, 4) is 0 Å². The van der Waals surface area contributed by atoms with Gasteiger partial charge in [-0.3, -0.25) is 4.84 Å². The molecule has 122 valence electrons. The summed E-state index contributed by atoms with van der Waals surface area (Å²) in [5, 5.41) is 2.10. The second-order valence-corrected chi connectivity index (χ2v) is 5.65. The van der Waals surface area contributed by atoms with Crippen LogP contribution in [0.15, 0.2) is 55.6 Å². The molecule has 1 aromatic carbocycles. The Labute approximate surface area is 136 Å². The highest BCUT2D eigenvalue weighted by molar-refractivity contribution is 5.17. The van der Waals surface area contributed by atoms with E-state index in [0.717, 1.165) is 38.6 Å². The third-order valence-corrected chi connectivity index (χ3v) is 3.76. The summed E-state index contributed by atoms with van der Waals surface area (Å²) in [6, 6.07) is 10.9. The number of hydroxylamine groups is 2. The standard InChI is InChI=1S/C20H31NO/c1-5-12-19(13-6-2)21(17-8-4)22-20(14-7-3)18-15-10-9-11-16-18/h5,8-11,15-16,19-20H,1,4,6-7,12-14,17H2,2-3H3. The minimum atomic E-state index is 0.107. The first-order valence-electron chi connectivity index (χ1n) is 8.46. The number of hydrogen-bond acceptors (Lipinski definition) is 2. The van der Waals surface area contributed by atoms with Crippen LogP contribution in [-0.4, -0.2) is 17.6 Å². The lowest BCUT2D eigenvalue weighted by atomic mass is 10.1. The molecule has 1 rings (SSSR count). The van der Waals surface area contributed by atoms with Gasteiger partial charge in [-0.25, -0.2) is 0 Å². The summed E-state index contributed by atoms with van der Waals surface area (Å²) < 4.78 is 0. The van der Waals surface area contributed by atoms with Crippen molar-refractivity contribution in [2.75, 3.05) is 6.54 Å². The van der Waals surface area contributed by atoms with Crippen molar-refractivity contribution in [2.45, 2.75) is 58.1 Å². The lowest BCUT2D eigenvalue weighted by molar-refractivity contribution is -0.220. The largest absolute Gasteiger partial charge is 0.290 e. The molecule has 2 nitrogen and oxygen atoms in total. The van der Waals surface area contributed by atoms with E-state index >= 15 is 0 Å². The van der Waals surface area contributed by atoms with Crippen LogP contribution >= 0.6 is 0 Å². The molecule has 0 N–H and O–H groups in total. The first-order chi connectivity index (χ1) is 10.8. The van der Waals surface area contributed by atoms with Crippen LogP contribution in [0.25, 0.3) is 0 Å². The van der Waals surface area contributed by atoms with Crippen LogP contribution in [0, 0.1) is 0 Å². The monoisotopic (exact) mass is 301 g/mol. The van der Waals surface area contributed by atoms with Gasteiger partial charge < -0.3 is 0 Å². The van der Waals surface area contributed by atoms with Gasteiger partial charge in [-0.1, -0.05) is 69.2 Å². The van der Waals surface area contributed by atoms with Crippen molar-refractivity contribution in [1.29, 1.82) is 0 Å². The molecule has 22 heavy (non-hydrogen) atoms. The minimum absolute atomic E-state index is 0.107. The number of hydrogen-bond donors (Lipinski definition) is 0. The molecule has 0 amide bonds.